The van der Waals surface area contributed by atoms with Gasteiger partial charge < -0.3 is 10.0 Å². The second-order valence-electron chi connectivity index (χ2n) is 8.07. The van der Waals surface area contributed by atoms with Crippen LogP contribution in [0.5, 0.6) is 0 Å². The van der Waals surface area contributed by atoms with Gasteiger partial charge in [0.2, 0.25) is 5.91 Å². The fraction of sp³-hybridized carbons (Fsp3) is 0.571. The summed E-state index contributed by atoms with van der Waals surface area (Å²) >= 11 is 1.73. The second-order valence-corrected chi connectivity index (χ2v) is 9.11. The molecule has 1 aliphatic heterocycles. The molecule has 150 valence electrons. The van der Waals surface area contributed by atoms with Gasteiger partial charge in [0.05, 0.1) is 30.4 Å². The van der Waals surface area contributed by atoms with Gasteiger partial charge >= 0.3 is 5.97 Å². The topological polar surface area (TPSA) is 75.4 Å². The smallest absolute Gasteiger partial charge is 0.306 e. The molecule has 1 fully saturated rings. The van der Waals surface area contributed by atoms with Gasteiger partial charge in [-0.2, -0.15) is 5.10 Å². The number of carboxylic acid groups (broad SMARTS) is 1. The van der Waals surface area contributed by atoms with Crippen molar-refractivity contribution in [2.45, 2.75) is 58.5 Å². The highest BCUT2D eigenvalue weighted by Gasteiger charge is 2.30. The third-order valence-electron chi connectivity index (χ3n) is 6.24. The molecule has 2 aromatic rings. The predicted octanol–water partition coefficient (Wildman–Crippen LogP) is 3.47. The molecule has 7 heteroatoms. The highest BCUT2D eigenvalue weighted by Crippen LogP contribution is 2.32. The normalized spacial score (nSPS) is 22.1. The van der Waals surface area contributed by atoms with Crippen molar-refractivity contribution >= 4 is 23.2 Å². The summed E-state index contributed by atoms with van der Waals surface area (Å²) in [4.78, 5) is 27.3. The van der Waals surface area contributed by atoms with Gasteiger partial charge in [-0.05, 0) is 62.0 Å². The number of aliphatic carboxylic acids is 1. The molecule has 1 N–H and O–H groups in total. The maximum Gasteiger partial charge on any atom is 0.306 e. The zero-order chi connectivity index (χ0) is 19.7. The largest absolute Gasteiger partial charge is 0.481 e. The van der Waals surface area contributed by atoms with Crippen molar-refractivity contribution in [3.63, 3.8) is 0 Å². The van der Waals surface area contributed by atoms with Crippen LogP contribution < -0.4 is 0 Å². The van der Waals surface area contributed by atoms with Crippen molar-refractivity contribution in [2.24, 2.45) is 11.8 Å². The van der Waals surface area contributed by atoms with E-state index >= 15 is 0 Å². The van der Waals surface area contributed by atoms with Gasteiger partial charge in [-0.3, -0.25) is 14.3 Å². The van der Waals surface area contributed by atoms with Crippen LogP contribution in [0.2, 0.25) is 0 Å². The van der Waals surface area contributed by atoms with Crippen molar-refractivity contribution in [3.8, 4) is 0 Å². The van der Waals surface area contributed by atoms with Crippen molar-refractivity contribution < 1.29 is 14.7 Å². The fourth-order valence-electron chi connectivity index (χ4n) is 4.56. The Morgan fingerprint density at radius 1 is 1.29 bits per heavy atom. The van der Waals surface area contributed by atoms with E-state index in [0.29, 0.717) is 31.7 Å². The molecule has 0 bridgehead atoms. The Balaban J connectivity index is 1.39. The van der Waals surface area contributed by atoms with Gasteiger partial charge in [-0.15, -0.1) is 11.3 Å². The van der Waals surface area contributed by atoms with Crippen LogP contribution in [-0.2, 0) is 29.1 Å². The van der Waals surface area contributed by atoms with E-state index in [1.165, 1.54) is 16.1 Å². The minimum absolute atomic E-state index is 0.200. The zero-order valence-electron chi connectivity index (χ0n) is 16.3. The molecule has 1 aliphatic carbocycles. The summed E-state index contributed by atoms with van der Waals surface area (Å²) in [5, 5.41) is 15.9. The minimum Gasteiger partial charge on any atom is -0.481 e. The van der Waals surface area contributed by atoms with Gasteiger partial charge in [-0.1, -0.05) is 6.07 Å². The molecule has 1 saturated carbocycles. The number of carbonyl (C=O) groups is 2. The van der Waals surface area contributed by atoms with Crippen molar-refractivity contribution in [3.05, 3.63) is 39.3 Å². The van der Waals surface area contributed by atoms with Crippen molar-refractivity contribution in [1.82, 2.24) is 14.7 Å². The SMILES string of the molecule is Cc1nn(Cc2cccs2)c2c1CCN(C(=O)C[C@H]1CC[C@H](C(=O)O)CC1)C2. The first kappa shape index (κ1) is 19.2. The predicted molar refractivity (Wildman–Crippen MR) is 107 cm³/mol. The fourth-order valence-corrected chi connectivity index (χ4v) is 5.24. The Hall–Kier alpha value is -2.15. The van der Waals surface area contributed by atoms with Crippen LogP contribution in [0.25, 0.3) is 0 Å². The first-order chi connectivity index (χ1) is 13.5. The number of thiophene rings is 1. The molecule has 0 saturated heterocycles. The van der Waals surface area contributed by atoms with Crippen LogP contribution >= 0.6 is 11.3 Å². The Labute approximate surface area is 169 Å². The molecule has 2 aromatic heterocycles. The molecule has 0 radical (unpaired) electrons. The zero-order valence-corrected chi connectivity index (χ0v) is 17.1. The summed E-state index contributed by atoms with van der Waals surface area (Å²) in [5.74, 6) is -0.394. The minimum atomic E-state index is -0.692. The van der Waals surface area contributed by atoms with Gasteiger partial charge in [0.25, 0.3) is 0 Å². The number of hydrogen-bond acceptors (Lipinski definition) is 4. The van der Waals surface area contributed by atoms with E-state index in [-0.39, 0.29) is 11.8 Å². The van der Waals surface area contributed by atoms with Crippen LogP contribution in [0.1, 0.15) is 53.9 Å². The molecule has 3 heterocycles. The summed E-state index contributed by atoms with van der Waals surface area (Å²) < 4.78 is 2.06. The van der Waals surface area contributed by atoms with Crippen LogP contribution in [0.3, 0.4) is 0 Å². The van der Waals surface area contributed by atoms with E-state index in [0.717, 1.165) is 38.0 Å². The average Bonchev–Trinajstić information content (AvgIpc) is 3.30. The van der Waals surface area contributed by atoms with Gasteiger partial charge in [0, 0.05) is 17.8 Å². The third-order valence-corrected chi connectivity index (χ3v) is 7.10. The molecule has 0 spiro atoms. The first-order valence-electron chi connectivity index (χ1n) is 10.1. The maximum atomic E-state index is 12.9. The molecule has 0 unspecified atom stereocenters. The van der Waals surface area contributed by atoms with E-state index in [1.807, 2.05) is 4.90 Å². The molecule has 28 heavy (non-hydrogen) atoms. The lowest BCUT2D eigenvalue weighted by Gasteiger charge is -2.31. The highest BCUT2D eigenvalue weighted by atomic mass is 32.1. The monoisotopic (exact) mass is 401 g/mol. The van der Waals surface area contributed by atoms with E-state index in [4.69, 9.17) is 10.2 Å². The molecule has 1 amide bonds. The van der Waals surface area contributed by atoms with Crippen LogP contribution in [0, 0.1) is 18.8 Å². The molecule has 0 aromatic carbocycles. The molecule has 0 atom stereocenters. The molecule has 6 nitrogen and oxygen atoms in total. The lowest BCUT2D eigenvalue weighted by Crippen LogP contribution is -2.38. The Morgan fingerprint density at radius 2 is 2.07 bits per heavy atom. The molecule has 2 aliphatic rings. The van der Waals surface area contributed by atoms with E-state index < -0.39 is 5.97 Å². The van der Waals surface area contributed by atoms with Gasteiger partial charge in [-0.25, -0.2) is 0 Å². The number of aryl methyl sites for hydroxylation is 1. The van der Waals surface area contributed by atoms with E-state index in [9.17, 15) is 9.59 Å². The Bertz CT molecular complexity index is 851. The number of carboxylic acids is 1. The van der Waals surface area contributed by atoms with Crippen LogP contribution in [0.4, 0.5) is 0 Å². The van der Waals surface area contributed by atoms with Crippen molar-refractivity contribution in [1.29, 1.82) is 0 Å². The standard InChI is InChI=1S/C21H27N3O3S/c1-14-18-8-9-23(13-19(18)24(22-14)12-17-3-2-10-28-17)20(25)11-15-4-6-16(7-5-15)21(26)27/h2-3,10,15-16H,4-9,11-13H2,1H3,(H,26,27)/t15-,16-. The number of amides is 1. The first-order valence-corrected chi connectivity index (χ1v) is 11.0. The summed E-state index contributed by atoms with van der Waals surface area (Å²) in [6.07, 6.45) is 4.49. The van der Waals surface area contributed by atoms with E-state index in [2.05, 4.69) is 29.1 Å². The van der Waals surface area contributed by atoms with Gasteiger partial charge in [0.15, 0.2) is 0 Å². The molecular formula is C21H27N3O3S. The molecular weight excluding hydrogens is 374 g/mol. The van der Waals surface area contributed by atoms with E-state index in [1.54, 1.807) is 11.3 Å². The molecule has 4 rings (SSSR count). The van der Waals surface area contributed by atoms with Crippen LogP contribution in [0.15, 0.2) is 17.5 Å². The number of carbonyl (C=O) groups excluding carboxylic acids is 1. The summed E-state index contributed by atoms with van der Waals surface area (Å²) in [6.45, 7) is 4.20. The van der Waals surface area contributed by atoms with Crippen LogP contribution in [-0.4, -0.2) is 38.2 Å². The number of nitrogens with zero attached hydrogens (tertiary/aromatic N) is 3. The third kappa shape index (κ3) is 3.99. The number of rotatable bonds is 5. The summed E-state index contributed by atoms with van der Waals surface area (Å²) in [6, 6.07) is 4.17. The Kier molecular flexibility index (Phi) is 5.53. The van der Waals surface area contributed by atoms with Gasteiger partial charge in [0.1, 0.15) is 0 Å². The van der Waals surface area contributed by atoms with Crippen molar-refractivity contribution in [2.75, 3.05) is 6.54 Å². The summed E-state index contributed by atoms with van der Waals surface area (Å²) in [7, 11) is 0. The maximum absolute atomic E-state index is 12.9. The highest BCUT2D eigenvalue weighted by molar-refractivity contribution is 7.09. The number of aromatic nitrogens is 2. The Morgan fingerprint density at radius 3 is 2.75 bits per heavy atom. The summed E-state index contributed by atoms with van der Waals surface area (Å²) in [5.41, 5.74) is 3.54. The second kappa shape index (κ2) is 8.07. The average molecular weight is 402 g/mol. The number of fused-ring (bicyclic) bond motifs is 1. The number of hydrogen-bond donors (Lipinski definition) is 1. The lowest BCUT2D eigenvalue weighted by atomic mass is 9.80. The quantitative estimate of drug-likeness (QED) is 0.832. The lowest BCUT2D eigenvalue weighted by molar-refractivity contribution is -0.143.